The predicted octanol–water partition coefficient (Wildman–Crippen LogP) is 2.21. The lowest BCUT2D eigenvalue weighted by molar-refractivity contribution is 0.0954. The molecule has 2 aromatic rings. The van der Waals surface area contributed by atoms with Crippen LogP contribution < -0.4 is 19.1 Å². The number of methoxy groups -OCH3 is 2. The first-order valence-corrected chi connectivity index (χ1v) is 10.2. The Kier molecular flexibility index (Phi) is 6.68. The number of hydrogen-bond donors (Lipinski definition) is 1. The van der Waals surface area contributed by atoms with Gasteiger partial charge in [0.2, 0.25) is 10.0 Å². The number of nitrogens with one attached hydrogen (secondary N) is 1. The van der Waals surface area contributed by atoms with Gasteiger partial charge in [0.15, 0.2) is 11.5 Å². The van der Waals surface area contributed by atoms with Crippen LogP contribution in [0.25, 0.3) is 0 Å². The Bertz CT molecular complexity index is 895. The van der Waals surface area contributed by atoms with E-state index < -0.39 is 10.0 Å². The summed E-state index contributed by atoms with van der Waals surface area (Å²) in [6.07, 6.45) is 1.14. The van der Waals surface area contributed by atoms with Gasteiger partial charge >= 0.3 is 0 Å². The van der Waals surface area contributed by atoms with Gasteiger partial charge in [0, 0.05) is 12.1 Å². The molecule has 0 spiro atoms. The maximum absolute atomic E-state index is 12.3. The average molecular weight is 392 g/mol. The number of nitrogens with zero attached hydrogens (tertiary/aromatic N) is 1. The molecule has 0 aliphatic heterocycles. The fourth-order valence-corrected chi connectivity index (χ4v) is 3.48. The monoisotopic (exact) mass is 392 g/mol. The van der Waals surface area contributed by atoms with E-state index in [9.17, 15) is 13.2 Å². The number of amides is 1. The van der Waals surface area contributed by atoms with E-state index >= 15 is 0 Å². The smallest absolute Gasteiger partial charge is 0.251 e. The number of rotatable bonds is 8. The third-order valence-corrected chi connectivity index (χ3v) is 5.16. The van der Waals surface area contributed by atoms with Crippen LogP contribution >= 0.6 is 0 Å². The minimum atomic E-state index is -3.47. The largest absolute Gasteiger partial charge is 0.493 e. The van der Waals surface area contributed by atoms with Gasteiger partial charge in [-0.05, 0) is 37.3 Å². The lowest BCUT2D eigenvalue weighted by Gasteiger charge is -2.22. The van der Waals surface area contributed by atoms with Crippen molar-refractivity contribution in [2.45, 2.75) is 6.92 Å². The Morgan fingerprint density at radius 3 is 2.22 bits per heavy atom. The molecular formula is C19H24N2O5S. The molecule has 0 atom stereocenters. The van der Waals surface area contributed by atoms with Crippen LogP contribution in [0.2, 0.25) is 0 Å². The van der Waals surface area contributed by atoms with Crippen molar-refractivity contribution in [2.75, 3.05) is 37.9 Å². The molecule has 0 heterocycles. The highest BCUT2D eigenvalue weighted by atomic mass is 32.2. The summed E-state index contributed by atoms with van der Waals surface area (Å²) in [6.45, 7) is 2.22. The summed E-state index contributed by atoms with van der Waals surface area (Å²) in [7, 11) is -0.460. The van der Waals surface area contributed by atoms with Crippen LogP contribution in [-0.4, -0.2) is 47.9 Å². The van der Waals surface area contributed by atoms with Gasteiger partial charge in [-0.25, -0.2) is 8.42 Å². The van der Waals surface area contributed by atoms with Crippen molar-refractivity contribution >= 4 is 21.6 Å². The number of sulfonamides is 1. The molecule has 0 saturated carbocycles. The highest BCUT2D eigenvalue weighted by molar-refractivity contribution is 7.92. The second kappa shape index (κ2) is 8.77. The molecule has 0 bridgehead atoms. The van der Waals surface area contributed by atoms with E-state index in [-0.39, 0.29) is 19.0 Å². The molecule has 0 radical (unpaired) electrons. The van der Waals surface area contributed by atoms with Crippen LogP contribution in [0.1, 0.15) is 15.9 Å². The summed E-state index contributed by atoms with van der Waals surface area (Å²) < 4.78 is 35.8. The Hall–Kier alpha value is -2.74. The van der Waals surface area contributed by atoms with E-state index in [2.05, 4.69) is 5.32 Å². The fraction of sp³-hybridized carbons (Fsp3) is 0.316. The quantitative estimate of drug-likeness (QED) is 0.745. The minimum absolute atomic E-state index is 0.126. The second-order valence-corrected chi connectivity index (χ2v) is 7.90. The van der Waals surface area contributed by atoms with Gasteiger partial charge in [-0.2, -0.15) is 0 Å². The molecule has 8 heteroatoms. The Balaban J connectivity index is 2.06. The molecule has 0 fully saturated rings. The lowest BCUT2D eigenvalue weighted by Crippen LogP contribution is -2.38. The molecule has 2 aromatic carbocycles. The number of hydrogen-bond acceptors (Lipinski definition) is 5. The minimum Gasteiger partial charge on any atom is -0.493 e. The van der Waals surface area contributed by atoms with Gasteiger partial charge in [0.25, 0.3) is 5.91 Å². The number of ether oxygens (including phenoxy) is 2. The molecular weight excluding hydrogens is 368 g/mol. The van der Waals surface area contributed by atoms with Crippen molar-refractivity contribution in [3.63, 3.8) is 0 Å². The van der Waals surface area contributed by atoms with Crippen LogP contribution in [0.15, 0.2) is 42.5 Å². The summed E-state index contributed by atoms with van der Waals surface area (Å²) in [5.41, 5.74) is 1.99. The third-order valence-electron chi connectivity index (χ3n) is 3.97. The average Bonchev–Trinajstić information content (AvgIpc) is 2.64. The normalized spacial score (nSPS) is 11.0. The van der Waals surface area contributed by atoms with Crippen molar-refractivity contribution in [1.29, 1.82) is 0 Å². The third kappa shape index (κ3) is 5.37. The number of benzene rings is 2. The van der Waals surface area contributed by atoms with Crippen LogP contribution in [0.3, 0.4) is 0 Å². The van der Waals surface area contributed by atoms with Crippen molar-refractivity contribution in [1.82, 2.24) is 5.32 Å². The summed E-state index contributed by atoms with van der Waals surface area (Å²) >= 11 is 0. The maximum Gasteiger partial charge on any atom is 0.251 e. The molecule has 1 N–H and O–H groups in total. The van der Waals surface area contributed by atoms with Crippen LogP contribution in [0.4, 0.5) is 5.69 Å². The molecule has 0 saturated heterocycles. The molecule has 27 heavy (non-hydrogen) atoms. The molecule has 0 aliphatic rings. The molecule has 146 valence electrons. The SMILES string of the molecule is COc1ccc(C(=O)NCCN(c2ccc(C)cc2)S(C)(=O)=O)cc1OC. The molecule has 0 aliphatic carbocycles. The van der Waals surface area contributed by atoms with Gasteiger partial charge < -0.3 is 14.8 Å². The zero-order valence-electron chi connectivity index (χ0n) is 15.9. The first-order chi connectivity index (χ1) is 12.8. The number of carbonyl (C=O) groups is 1. The van der Waals surface area contributed by atoms with E-state index in [0.29, 0.717) is 22.7 Å². The zero-order chi connectivity index (χ0) is 20.0. The van der Waals surface area contributed by atoms with Gasteiger partial charge in [0.05, 0.1) is 32.7 Å². The number of aryl methyl sites for hydroxylation is 1. The van der Waals surface area contributed by atoms with Crippen LogP contribution in [-0.2, 0) is 10.0 Å². The van der Waals surface area contributed by atoms with Gasteiger partial charge in [-0.1, -0.05) is 17.7 Å². The highest BCUT2D eigenvalue weighted by Gasteiger charge is 2.18. The van der Waals surface area contributed by atoms with Gasteiger partial charge in [0.1, 0.15) is 0 Å². The Morgan fingerprint density at radius 1 is 1.04 bits per heavy atom. The molecule has 0 aromatic heterocycles. The van der Waals surface area contributed by atoms with E-state index in [0.717, 1.165) is 11.8 Å². The Morgan fingerprint density at radius 2 is 1.67 bits per heavy atom. The Labute approximate surface area is 160 Å². The van der Waals surface area contributed by atoms with E-state index in [4.69, 9.17) is 9.47 Å². The summed E-state index contributed by atoms with van der Waals surface area (Å²) in [5.74, 6) is 0.646. The molecule has 2 rings (SSSR count). The molecule has 0 unspecified atom stereocenters. The predicted molar refractivity (Wildman–Crippen MR) is 105 cm³/mol. The number of anilines is 1. The summed E-state index contributed by atoms with van der Waals surface area (Å²) in [4.78, 5) is 12.3. The van der Waals surface area contributed by atoms with Crippen molar-refractivity contribution in [3.05, 3.63) is 53.6 Å². The highest BCUT2D eigenvalue weighted by Crippen LogP contribution is 2.27. The van der Waals surface area contributed by atoms with E-state index in [1.165, 1.54) is 18.5 Å². The standard InChI is InChI=1S/C19H24N2O5S/c1-14-5-8-16(9-6-14)21(27(4,23)24)12-11-20-19(22)15-7-10-17(25-2)18(13-15)26-3/h5-10,13H,11-12H2,1-4H3,(H,20,22). The second-order valence-electron chi connectivity index (χ2n) is 6.00. The van der Waals surface area contributed by atoms with Crippen LogP contribution in [0.5, 0.6) is 11.5 Å². The molecule has 7 nitrogen and oxygen atoms in total. The topological polar surface area (TPSA) is 84.9 Å². The fourth-order valence-electron chi connectivity index (χ4n) is 2.55. The van der Waals surface area contributed by atoms with E-state index in [1.54, 1.807) is 30.3 Å². The van der Waals surface area contributed by atoms with Crippen molar-refractivity contribution < 1.29 is 22.7 Å². The van der Waals surface area contributed by atoms with Crippen molar-refractivity contribution in [3.8, 4) is 11.5 Å². The molecule has 1 amide bonds. The van der Waals surface area contributed by atoms with E-state index in [1.807, 2.05) is 19.1 Å². The number of carbonyl (C=O) groups excluding carboxylic acids is 1. The zero-order valence-corrected chi connectivity index (χ0v) is 16.7. The van der Waals surface area contributed by atoms with Crippen molar-refractivity contribution in [2.24, 2.45) is 0 Å². The first kappa shape index (κ1) is 20.6. The first-order valence-electron chi connectivity index (χ1n) is 8.31. The maximum atomic E-state index is 12.3. The van der Waals surface area contributed by atoms with Crippen LogP contribution in [0, 0.1) is 6.92 Å². The van der Waals surface area contributed by atoms with Gasteiger partial charge in [-0.15, -0.1) is 0 Å². The van der Waals surface area contributed by atoms with Gasteiger partial charge in [-0.3, -0.25) is 9.10 Å². The summed E-state index contributed by atoms with van der Waals surface area (Å²) in [6, 6.07) is 12.0. The summed E-state index contributed by atoms with van der Waals surface area (Å²) in [5, 5.41) is 2.73. The lowest BCUT2D eigenvalue weighted by atomic mass is 10.2.